The first kappa shape index (κ1) is 19.2. The average Bonchev–Trinajstić information content (AvgIpc) is 3.04. The van der Waals surface area contributed by atoms with Gasteiger partial charge in [-0.1, -0.05) is 36.4 Å². The molecule has 0 saturated heterocycles. The van der Waals surface area contributed by atoms with Crippen LogP contribution in [0.15, 0.2) is 84.6 Å². The molecule has 0 fully saturated rings. The van der Waals surface area contributed by atoms with E-state index in [0.717, 1.165) is 0 Å². The van der Waals surface area contributed by atoms with Crippen LogP contribution >= 0.6 is 0 Å². The van der Waals surface area contributed by atoms with Crippen molar-refractivity contribution in [1.82, 2.24) is 0 Å². The zero-order valence-electron chi connectivity index (χ0n) is 15.6. The highest BCUT2D eigenvalue weighted by atomic mass is 19.1. The number of carboxylic acids is 1. The van der Waals surface area contributed by atoms with Gasteiger partial charge in [-0.2, -0.15) is 0 Å². The van der Waals surface area contributed by atoms with Gasteiger partial charge in [0, 0.05) is 23.0 Å². The van der Waals surface area contributed by atoms with Gasteiger partial charge >= 0.3 is 5.97 Å². The number of anilines is 2. The molecule has 0 spiro atoms. The van der Waals surface area contributed by atoms with Crippen LogP contribution in [0.4, 0.5) is 15.8 Å². The van der Waals surface area contributed by atoms with Crippen molar-refractivity contribution in [2.24, 2.45) is 0 Å². The van der Waals surface area contributed by atoms with Gasteiger partial charge in [0.1, 0.15) is 22.8 Å². The van der Waals surface area contributed by atoms with Gasteiger partial charge in [-0.25, -0.2) is 9.18 Å². The lowest BCUT2D eigenvalue weighted by molar-refractivity contribution is -0.114. The fourth-order valence-electron chi connectivity index (χ4n) is 3.41. The molecule has 0 aromatic heterocycles. The summed E-state index contributed by atoms with van der Waals surface area (Å²) in [6.45, 7) is 0. The molecule has 0 saturated carbocycles. The predicted octanol–water partition coefficient (Wildman–Crippen LogP) is 4.31. The van der Waals surface area contributed by atoms with Crippen LogP contribution in [-0.4, -0.2) is 22.1 Å². The molecule has 3 N–H and O–H groups in total. The maximum absolute atomic E-state index is 14.5. The topological polar surface area (TPSA) is 89.9 Å². The average molecular weight is 404 g/mol. The smallest absolute Gasteiger partial charge is 0.339 e. The monoisotopic (exact) mass is 404 g/mol. The van der Waals surface area contributed by atoms with E-state index in [-0.39, 0.29) is 17.2 Å². The van der Waals surface area contributed by atoms with E-state index in [1.165, 1.54) is 29.2 Å². The molecule has 3 aromatic carbocycles. The fraction of sp³-hybridized carbons (Fsp3) is 0.0435. The van der Waals surface area contributed by atoms with E-state index in [0.29, 0.717) is 16.9 Å². The Balaban J connectivity index is 1.72. The molecule has 1 atom stereocenters. The minimum Gasteiger partial charge on any atom is -0.507 e. The van der Waals surface area contributed by atoms with E-state index in [9.17, 15) is 19.1 Å². The Morgan fingerprint density at radius 1 is 1.00 bits per heavy atom. The number of carbonyl (C=O) groups excluding carboxylic acids is 1. The molecule has 1 aliphatic heterocycles. The Morgan fingerprint density at radius 2 is 1.70 bits per heavy atom. The number of halogens is 1. The van der Waals surface area contributed by atoms with Crippen molar-refractivity contribution >= 4 is 23.3 Å². The standard InChI is InChI=1S/C23H17FN2O4/c24-18-9-5-4-8-16(18)20-13-19(22(28)26(20)15-6-2-1-3-7-15)25-14-10-11-17(23(29)30)21(27)12-14/h1-13,20,25,27H,(H,29,30)/t20-/m0/s1. The van der Waals surface area contributed by atoms with Gasteiger partial charge in [0.2, 0.25) is 0 Å². The van der Waals surface area contributed by atoms with Crippen molar-refractivity contribution < 1.29 is 24.2 Å². The number of hydrogen-bond acceptors (Lipinski definition) is 4. The molecule has 7 heteroatoms. The highest BCUT2D eigenvalue weighted by Crippen LogP contribution is 2.37. The van der Waals surface area contributed by atoms with Crippen LogP contribution in [-0.2, 0) is 4.79 Å². The maximum atomic E-state index is 14.5. The predicted molar refractivity (Wildman–Crippen MR) is 110 cm³/mol. The summed E-state index contributed by atoms with van der Waals surface area (Å²) in [5, 5.41) is 21.9. The lowest BCUT2D eigenvalue weighted by Crippen LogP contribution is -2.31. The lowest BCUT2D eigenvalue weighted by atomic mass is 10.1. The second kappa shape index (κ2) is 7.71. The molecule has 1 amide bonds. The van der Waals surface area contributed by atoms with Gasteiger partial charge in [-0.3, -0.25) is 9.69 Å². The van der Waals surface area contributed by atoms with E-state index >= 15 is 0 Å². The molecule has 4 rings (SSSR count). The van der Waals surface area contributed by atoms with Crippen LogP contribution < -0.4 is 10.2 Å². The Hall–Kier alpha value is -4.13. The molecule has 3 aromatic rings. The summed E-state index contributed by atoms with van der Waals surface area (Å²) in [5.41, 5.74) is 1.22. The molecule has 0 unspecified atom stereocenters. The SMILES string of the molecule is O=C(O)c1ccc(NC2=C[C@@H](c3ccccc3F)N(c3ccccc3)C2=O)cc1O. The zero-order chi connectivity index (χ0) is 21.3. The Morgan fingerprint density at radius 3 is 2.37 bits per heavy atom. The molecule has 1 heterocycles. The Kier molecular flexibility index (Phi) is 4.93. The van der Waals surface area contributed by atoms with Crippen LogP contribution in [0.3, 0.4) is 0 Å². The number of nitrogens with one attached hydrogen (secondary N) is 1. The van der Waals surface area contributed by atoms with Gasteiger partial charge in [0.25, 0.3) is 5.91 Å². The van der Waals surface area contributed by atoms with E-state index < -0.39 is 23.6 Å². The molecule has 0 radical (unpaired) electrons. The summed E-state index contributed by atoms with van der Waals surface area (Å²) >= 11 is 0. The lowest BCUT2D eigenvalue weighted by Gasteiger charge is -2.25. The van der Waals surface area contributed by atoms with Crippen molar-refractivity contribution in [1.29, 1.82) is 0 Å². The Labute approximate surface area is 171 Å². The number of hydrogen-bond donors (Lipinski definition) is 3. The third-order valence-corrected chi connectivity index (χ3v) is 4.82. The fourth-order valence-corrected chi connectivity index (χ4v) is 3.41. The highest BCUT2D eigenvalue weighted by Gasteiger charge is 2.36. The number of rotatable bonds is 5. The van der Waals surface area contributed by atoms with E-state index in [1.807, 2.05) is 6.07 Å². The van der Waals surface area contributed by atoms with Gasteiger partial charge in [0.05, 0.1) is 6.04 Å². The van der Waals surface area contributed by atoms with Crippen LogP contribution in [0.25, 0.3) is 0 Å². The number of phenols is 1. The maximum Gasteiger partial charge on any atom is 0.339 e. The van der Waals surface area contributed by atoms with Gasteiger partial charge in [-0.05, 0) is 36.4 Å². The molecule has 6 nitrogen and oxygen atoms in total. The molecule has 1 aliphatic rings. The van der Waals surface area contributed by atoms with Crippen molar-refractivity contribution in [3.63, 3.8) is 0 Å². The van der Waals surface area contributed by atoms with Crippen LogP contribution in [0.5, 0.6) is 5.75 Å². The summed E-state index contributed by atoms with van der Waals surface area (Å²) in [4.78, 5) is 25.7. The second-order valence-electron chi connectivity index (χ2n) is 6.72. The third-order valence-electron chi connectivity index (χ3n) is 4.82. The first-order valence-electron chi connectivity index (χ1n) is 9.14. The summed E-state index contributed by atoms with van der Waals surface area (Å²) in [5.74, 6) is -2.50. The number of amides is 1. The van der Waals surface area contributed by atoms with Crippen LogP contribution in [0, 0.1) is 5.82 Å². The summed E-state index contributed by atoms with van der Waals surface area (Å²) in [6.07, 6.45) is 1.61. The highest BCUT2D eigenvalue weighted by molar-refractivity contribution is 6.11. The third kappa shape index (κ3) is 3.48. The number of aromatic carboxylic acids is 1. The molecular formula is C23H17FN2O4. The van der Waals surface area contributed by atoms with Gasteiger partial charge < -0.3 is 15.5 Å². The van der Waals surface area contributed by atoms with Crippen molar-refractivity contribution in [3.05, 3.63) is 102 Å². The van der Waals surface area contributed by atoms with E-state index in [2.05, 4.69) is 5.32 Å². The number of carboxylic acid groups (broad SMARTS) is 1. The van der Waals surface area contributed by atoms with Crippen LogP contribution in [0.2, 0.25) is 0 Å². The molecule has 150 valence electrons. The molecule has 0 aliphatic carbocycles. The molecular weight excluding hydrogens is 387 g/mol. The molecule has 0 bridgehead atoms. The second-order valence-corrected chi connectivity index (χ2v) is 6.72. The Bertz CT molecular complexity index is 1160. The first-order valence-corrected chi connectivity index (χ1v) is 9.14. The summed E-state index contributed by atoms with van der Waals surface area (Å²) < 4.78 is 14.5. The number of benzene rings is 3. The van der Waals surface area contributed by atoms with Crippen molar-refractivity contribution in [3.8, 4) is 5.75 Å². The minimum atomic E-state index is -1.26. The van der Waals surface area contributed by atoms with Crippen LogP contribution in [0.1, 0.15) is 22.0 Å². The number of carbonyl (C=O) groups is 2. The van der Waals surface area contributed by atoms with Gasteiger partial charge in [-0.15, -0.1) is 0 Å². The normalized spacial score (nSPS) is 15.8. The quantitative estimate of drug-likeness (QED) is 0.590. The summed E-state index contributed by atoms with van der Waals surface area (Å²) in [6, 6.07) is 18.4. The minimum absolute atomic E-state index is 0.189. The zero-order valence-corrected chi connectivity index (χ0v) is 15.6. The van der Waals surface area contributed by atoms with Crippen molar-refractivity contribution in [2.75, 3.05) is 10.2 Å². The number of aromatic hydroxyl groups is 1. The summed E-state index contributed by atoms with van der Waals surface area (Å²) in [7, 11) is 0. The van der Waals surface area contributed by atoms with Gasteiger partial charge in [0.15, 0.2) is 0 Å². The molecule has 30 heavy (non-hydrogen) atoms. The first-order chi connectivity index (χ1) is 14.5. The van der Waals surface area contributed by atoms with Crippen molar-refractivity contribution in [2.45, 2.75) is 6.04 Å². The van der Waals surface area contributed by atoms with E-state index in [1.54, 1.807) is 48.5 Å². The van der Waals surface area contributed by atoms with E-state index in [4.69, 9.17) is 5.11 Å². The number of nitrogens with zero attached hydrogens (tertiary/aromatic N) is 1. The largest absolute Gasteiger partial charge is 0.507 e. The number of para-hydroxylation sites is 1.